The fourth-order valence-corrected chi connectivity index (χ4v) is 1.93. The number of hydrogen-bond acceptors (Lipinski definition) is 2. The summed E-state index contributed by atoms with van der Waals surface area (Å²) in [5, 5.41) is 0. The van der Waals surface area contributed by atoms with Gasteiger partial charge in [-0.2, -0.15) is 0 Å². The third-order valence-corrected chi connectivity index (χ3v) is 3.57. The Kier molecular flexibility index (Phi) is 3.05. The molecule has 0 saturated heterocycles. The topological polar surface area (TPSA) is 37.4 Å². The van der Waals surface area contributed by atoms with Crippen molar-refractivity contribution in [3.63, 3.8) is 0 Å². The highest BCUT2D eigenvalue weighted by atomic mass is 32.2. The van der Waals surface area contributed by atoms with E-state index in [-0.39, 0.29) is 0 Å². The Bertz CT molecular complexity index is 462. The first-order valence-electron chi connectivity index (χ1n) is 3.84. The highest BCUT2D eigenvalue weighted by molar-refractivity contribution is 7.89. The zero-order valence-electron chi connectivity index (χ0n) is 7.96. The molecule has 0 fully saturated rings. The summed E-state index contributed by atoms with van der Waals surface area (Å²) >= 11 is 0. The molecule has 15 heavy (non-hydrogen) atoms. The van der Waals surface area contributed by atoms with E-state index in [1.54, 1.807) is 0 Å². The van der Waals surface area contributed by atoms with Gasteiger partial charge in [0, 0.05) is 26.2 Å². The van der Waals surface area contributed by atoms with Crippen LogP contribution in [0.3, 0.4) is 0 Å². The lowest BCUT2D eigenvalue weighted by atomic mass is 10.3. The molecule has 1 rings (SSSR count). The normalized spacial score (nSPS) is 12.1. The van der Waals surface area contributed by atoms with Crippen LogP contribution in [-0.4, -0.2) is 26.8 Å². The fourth-order valence-electron chi connectivity index (χ4n) is 0.958. The number of hydrogen-bond donors (Lipinski definition) is 0. The van der Waals surface area contributed by atoms with Crippen LogP contribution in [0.4, 0.5) is 13.2 Å². The van der Waals surface area contributed by atoms with Crippen LogP contribution >= 0.6 is 0 Å². The number of halogens is 3. The highest BCUT2D eigenvalue weighted by Gasteiger charge is 2.26. The lowest BCUT2D eigenvalue weighted by molar-refractivity contribution is 0.473. The molecule has 0 aliphatic rings. The Hall–Kier alpha value is -1.08. The summed E-state index contributed by atoms with van der Waals surface area (Å²) in [6, 6.07) is 0.638. The van der Waals surface area contributed by atoms with Crippen LogP contribution in [0.15, 0.2) is 17.0 Å². The molecule has 0 saturated carbocycles. The summed E-state index contributed by atoms with van der Waals surface area (Å²) in [5.74, 6) is -4.05. The number of nitrogens with zero attached hydrogens (tertiary/aromatic N) is 1. The Balaban J connectivity index is 3.52. The molecule has 0 aromatic heterocycles. The van der Waals surface area contributed by atoms with Gasteiger partial charge in [0.15, 0.2) is 4.90 Å². The average molecular weight is 239 g/mol. The Morgan fingerprint density at radius 1 is 1.07 bits per heavy atom. The average Bonchev–Trinajstić information content (AvgIpc) is 2.00. The summed E-state index contributed by atoms with van der Waals surface area (Å²) in [4.78, 5) is -1.14. The van der Waals surface area contributed by atoms with Crippen molar-refractivity contribution in [3.8, 4) is 0 Å². The Labute approximate surface area is 85.2 Å². The molecule has 0 spiro atoms. The predicted octanol–water partition coefficient (Wildman–Crippen LogP) is 1.35. The molecule has 0 unspecified atom stereocenters. The van der Waals surface area contributed by atoms with E-state index in [2.05, 4.69) is 0 Å². The molecule has 0 heterocycles. The van der Waals surface area contributed by atoms with Gasteiger partial charge in [0.25, 0.3) is 0 Å². The SMILES string of the molecule is CN(C)S(=O)(=O)c1c(F)cc(F)cc1F. The van der Waals surface area contributed by atoms with Crippen LogP contribution in [0.25, 0.3) is 0 Å². The maximum absolute atomic E-state index is 13.1. The van der Waals surface area contributed by atoms with Crippen LogP contribution in [0.1, 0.15) is 0 Å². The van der Waals surface area contributed by atoms with E-state index in [0.29, 0.717) is 16.4 Å². The third-order valence-electron chi connectivity index (χ3n) is 1.70. The molecular formula is C8H8F3NO2S. The molecule has 7 heteroatoms. The lowest BCUT2D eigenvalue weighted by Crippen LogP contribution is -2.24. The Morgan fingerprint density at radius 2 is 1.47 bits per heavy atom. The summed E-state index contributed by atoms with van der Waals surface area (Å²) in [6.45, 7) is 0. The largest absolute Gasteiger partial charge is 0.248 e. The first-order valence-corrected chi connectivity index (χ1v) is 5.28. The van der Waals surface area contributed by atoms with Crippen LogP contribution < -0.4 is 0 Å². The summed E-state index contributed by atoms with van der Waals surface area (Å²) < 4.78 is 62.1. The van der Waals surface area contributed by atoms with Crippen molar-refractivity contribution in [2.45, 2.75) is 4.90 Å². The van der Waals surface area contributed by atoms with Gasteiger partial charge < -0.3 is 0 Å². The van der Waals surface area contributed by atoms with Crippen LogP contribution in [0, 0.1) is 17.5 Å². The molecule has 0 bridgehead atoms. The molecule has 1 aromatic carbocycles. The van der Waals surface area contributed by atoms with Gasteiger partial charge >= 0.3 is 0 Å². The standard InChI is InChI=1S/C8H8F3NO2S/c1-12(2)15(13,14)8-6(10)3-5(9)4-7(8)11/h3-4H,1-2H3. The van der Waals surface area contributed by atoms with Crippen molar-refractivity contribution in [2.24, 2.45) is 0 Å². The van der Waals surface area contributed by atoms with Crippen molar-refractivity contribution in [1.82, 2.24) is 4.31 Å². The van der Waals surface area contributed by atoms with Crippen molar-refractivity contribution in [1.29, 1.82) is 0 Å². The van der Waals surface area contributed by atoms with Crippen molar-refractivity contribution in [3.05, 3.63) is 29.6 Å². The first-order chi connectivity index (χ1) is 6.76. The van der Waals surface area contributed by atoms with E-state index in [9.17, 15) is 21.6 Å². The second-order valence-electron chi connectivity index (χ2n) is 2.99. The maximum Gasteiger partial charge on any atom is 0.248 e. The second-order valence-corrected chi connectivity index (χ2v) is 5.07. The van der Waals surface area contributed by atoms with Crippen LogP contribution in [-0.2, 0) is 10.0 Å². The molecule has 0 aliphatic heterocycles. The summed E-state index contributed by atoms with van der Waals surface area (Å²) in [6.07, 6.45) is 0. The molecule has 0 radical (unpaired) electrons. The first kappa shape index (κ1) is 12.0. The van der Waals surface area contributed by atoms with Gasteiger partial charge in [0.05, 0.1) is 0 Å². The number of sulfonamides is 1. The maximum atomic E-state index is 13.1. The predicted molar refractivity (Wildman–Crippen MR) is 47.2 cm³/mol. The highest BCUT2D eigenvalue weighted by Crippen LogP contribution is 2.22. The summed E-state index contributed by atoms with van der Waals surface area (Å²) in [7, 11) is -1.99. The van der Waals surface area contributed by atoms with Gasteiger partial charge in [-0.3, -0.25) is 0 Å². The monoisotopic (exact) mass is 239 g/mol. The van der Waals surface area contributed by atoms with Gasteiger partial charge in [-0.25, -0.2) is 25.9 Å². The van der Waals surface area contributed by atoms with Crippen molar-refractivity contribution >= 4 is 10.0 Å². The van der Waals surface area contributed by atoms with E-state index in [1.165, 1.54) is 0 Å². The quantitative estimate of drug-likeness (QED) is 0.781. The molecule has 0 amide bonds. The van der Waals surface area contributed by atoms with E-state index in [1.807, 2.05) is 0 Å². The van der Waals surface area contributed by atoms with Gasteiger partial charge in [0.1, 0.15) is 17.5 Å². The van der Waals surface area contributed by atoms with Crippen molar-refractivity contribution < 1.29 is 21.6 Å². The third kappa shape index (κ3) is 2.13. The van der Waals surface area contributed by atoms with E-state index < -0.39 is 32.4 Å². The van der Waals surface area contributed by atoms with Crippen LogP contribution in [0.5, 0.6) is 0 Å². The minimum Gasteiger partial charge on any atom is -0.207 e. The molecule has 0 aliphatic carbocycles. The minimum atomic E-state index is -4.24. The van der Waals surface area contributed by atoms with Crippen molar-refractivity contribution in [2.75, 3.05) is 14.1 Å². The number of benzene rings is 1. The zero-order valence-corrected chi connectivity index (χ0v) is 8.78. The van der Waals surface area contributed by atoms with Gasteiger partial charge in [-0.15, -0.1) is 0 Å². The van der Waals surface area contributed by atoms with E-state index in [0.717, 1.165) is 14.1 Å². The van der Waals surface area contributed by atoms with Gasteiger partial charge in [-0.1, -0.05) is 0 Å². The van der Waals surface area contributed by atoms with Gasteiger partial charge in [0.2, 0.25) is 10.0 Å². The van der Waals surface area contributed by atoms with E-state index in [4.69, 9.17) is 0 Å². The molecule has 84 valence electrons. The molecule has 0 N–H and O–H groups in total. The molecule has 3 nitrogen and oxygen atoms in total. The van der Waals surface area contributed by atoms with E-state index >= 15 is 0 Å². The zero-order chi connectivity index (χ0) is 11.8. The molecule has 0 atom stereocenters. The Morgan fingerprint density at radius 3 is 1.80 bits per heavy atom. The number of rotatable bonds is 2. The lowest BCUT2D eigenvalue weighted by Gasteiger charge is -2.12. The molecular weight excluding hydrogens is 231 g/mol. The fraction of sp³-hybridized carbons (Fsp3) is 0.250. The smallest absolute Gasteiger partial charge is 0.207 e. The summed E-state index contributed by atoms with van der Waals surface area (Å²) in [5.41, 5.74) is 0. The van der Waals surface area contributed by atoms with Gasteiger partial charge in [-0.05, 0) is 0 Å². The minimum absolute atomic E-state index is 0.319. The molecule has 1 aromatic rings. The van der Waals surface area contributed by atoms with Crippen LogP contribution in [0.2, 0.25) is 0 Å². The second kappa shape index (κ2) is 3.82.